The molecule has 0 bridgehead atoms. The molecule has 32 heavy (non-hydrogen) atoms. The lowest BCUT2D eigenvalue weighted by Gasteiger charge is -2.44. The maximum Gasteiger partial charge on any atom is 0.284 e. The third-order valence-electron chi connectivity index (χ3n) is 6.55. The van der Waals surface area contributed by atoms with Crippen molar-refractivity contribution in [2.24, 2.45) is 0 Å². The van der Waals surface area contributed by atoms with E-state index in [2.05, 4.69) is 14.2 Å². The number of hydrogen-bond acceptors (Lipinski definition) is 2. The van der Waals surface area contributed by atoms with E-state index in [1.807, 2.05) is 72.8 Å². The standard InChI is InChI=1S/C26H29FN3OP/c27-23-16-14-22(15-17-23)26(28-18-8-3-9-19-28)32(31)29(24-10-4-1-5-11-24)20-21-30(32)25-12-6-2-7-13-25/h1-2,4-7,10-17,26H,3,8-9,18-21H2. The van der Waals surface area contributed by atoms with Gasteiger partial charge in [0.1, 0.15) is 11.6 Å². The summed E-state index contributed by atoms with van der Waals surface area (Å²) >= 11 is 0. The van der Waals surface area contributed by atoms with Crippen LogP contribution in [0.4, 0.5) is 15.8 Å². The lowest BCUT2D eigenvalue weighted by Crippen LogP contribution is -2.38. The maximum absolute atomic E-state index is 15.5. The highest BCUT2D eigenvalue weighted by molar-refractivity contribution is 7.67. The highest BCUT2D eigenvalue weighted by atomic mass is 31.2. The largest absolute Gasteiger partial charge is 0.304 e. The van der Waals surface area contributed by atoms with Gasteiger partial charge < -0.3 is 9.34 Å². The fraction of sp³-hybridized carbons (Fsp3) is 0.308. The molecule has 3 aromatic rings. The minimum atomic E-state index is -3.18. The Hall–Kier alpha value is -2.62. The molecule has 0 amide bonds. The van der Waals surface area contributed by atoms with E-state index in [4.69, 9.17) is 0 Å². The molecule has 2 aliphatic rings. The second kappa shape index (κ2) is 9.09. The Morgan fingerprint density at radius 3 is 1.66 bits per heavy atom. The van der Waals surface area contributed by atoms with Crippen molar-refractivity contribution in [1.82, 2.24) is 4.90 Å². The van der Waals surface area contributed by atoms with Crippen LogP contribution in [0.3, 0.4) is 0 Å². The zero-order chi connectivity index (χ0) is 22.0. The first-order chi connectivity index (χ1) is 15.7. The molecule has 1 atom stereocenters. The molecule has 0 radical (unpaired) electrons. The highest BCUT2D eigenvalue weighted by Crippen LogP contribution is 2.69. The topological polar surface area (TPSA) is 26.8 Å². The zero-order valence-electron chi connectivity index (χ0n) is 18.2. The second-order valence-corrected chi connectivity index (χ2v) is 11.2. The molecule has 0 aliphatic carbocycles. The first kappa shape index (κ1) is 21.2. The second-order valence-electron chi connectivity index (χ2n) is 8.53. The predicted molar refractivity (Wildman–Crippen MR) is 130 cm³/mol. The molecule has 0 saturated carbocycles. The highest BCUT2D eigenvalue weighted by Gasteiger charge is 2.52. The van der Waals surface area contributed by atoms with Crippen LogP contribution < -0.4 is 9.34 Å². The Morgan fingerprint density at radius 2 is 1.16 bits per heavy atom. The van der Waals surface area contributed by atoms with E-state index in [0.717, 1.165) is 42.9 Å². The van der Waals surface area contributed by atoms with Crippen LogP contribution in [0.15, 0.2) is 84.9 Å². The van der Waals surface area contributed by atoms with Gasteiger partial charge in [-0.2, -0.15) is 0 Å². The molecule has 2 aliphatic heterocycles. The van der Waals surface area contributed by atoms with Crippen molar-refractivity contribution in [2.45, 2.75) is 25.0 Å². The van der Waals surface area contributed by atoms with Crippen LogP contribution >= 0.6 is 7.44 Å². The molecule has 2 fully saturated rings. The van der Waals surface area contributed by atoms with Gasteiger partial charge in [-0.1, -0.05) is 55.0 Å². The van der Waals surface area contributed by atoms with E-state index in [-0.39, 0.29) is 11.6 Å². The minimum Gasteiger partial charge on any atom is -0.304 e. The number of rotatable bonds is 5. The van der Waals surface area contributed by atoms with Gasteiger partial charge in [-0.3, -0.25) is 9.46 Å². The number of nitrogens with zero attached hydrogens (tertiary/aromatic N) is 3. The molecule has 2 heterocycles. The van der Waals surface area contributed by atoms with Crippen LogP contribution in [0, 0.1) is 5.82 Å². The number of likely N-dealkylation sites (tertiary alicyclic amines) is 1. The Bertz CT molecular complexity index is 1020. The zero-order valence-corrected chi connectivity index (χ0v) is 19.1. The molecule has 0 N–H and O–H groups in total. The number of anilines is 2. The average molecular weight is 450 g/mol. The van der Waals surface area contributed by atoms with E-state index in [1.165, 1.54) is 18.6 Å². The maximum atomic E-state index is 15.5. The van der Waals surface area contributed by atoms with Gasteiger partial charge in [0.2, 0.25) is 0 Å². The summed E-state index contributed by atoms with van der Waals surface area (Å²) in [5.41, 5.74) is 2.86. The van der Waals surface area contributed by atoms with Crippen molar-refractivity contribution in [3.8, 4) is 0 Å². The predicted octanol–water partition coefficient (Wildman–Crippen LogP) is 6.53. The van der Waals surface area contributed by atoms with E-state index >= 15 is 4.57 Å². The number of piperidine rings is 1. The Balaban J connectivity index is 1.68. The summed E-state index contributed by atoms with van der Waals surface area (Å²) in [6.45, 7) is 3.16. The number of halogens is 1. The molecule has 0 aromatic heterocycles. The molecular formula is C26H29FN3OP. The first-order valence-electron chi connectivity index (χ1n) is 11.4. The summed E-state index contributed by atoms with van der Waals surface area (Å²) in [4.78, 5) is 2.37. The van der Waals surface area contributed by atoms with Crippen LogP contribution in [-0.2, 0) is 4.57 Å². The smallest absolute Gasteiger partial charge is 0.284 e. The molecule has 0 spiro atoms. The quantitative estimate of drug-likeness (QED) is 0.414. The minimum absolute atomic E-state index is 0.268. The molecule has 1 unspecified atom stereocenters. The Kier molecular flexibility index (Phi) is 6.03. The Labute approximate surface area is 189 Å². The van der Waals surface area contributed by atoms with Gasteiger partial charge in [0.15, 0.2) is 0 Å². The molecule has 4 nitrogen and oxygen atoms in total. The van der Waals surface area contributed by atoms with Crippen LogP contribution in [0.1, 0.15) is 30.6 Å². The lowest BCUT2D eigenvalue weighted by atomic mass is 10.1. The van der Waals surface area contributed by atoms with Gasteiger partial charge in [0, 0.05) is 24.5 Å². The number of hydrogen-bond donors (Lipinski definition) is 0. The van der Waals surface area contributed by atoms with Crippen LogP contribution in [0.2, 0.25) is 0 Å². The number of para-hydroxylation sites is 2. The van der Waals surface area contributed by atoms with Crippen LogP contribution in [0.25, 0.3) is 0 Å². The lowest BCUT2D eigenvalue weighted by molar-refractivity contribution is 0.206. The summed E-state index contributed by atoms with van der Waals surface area (Å²) in [6, 6.07) is 26.8. The fourth-order valence-corrected chi connectivity index (χ4v) is 8.76. The van der Waals surface area contributed by atoms with E-state index in [0.29, 0.717) is 13.1 Å². The van der Waals surface area contributed by atoms with Gasteiger partial charge >= 0.3 is 0 Å². The van der Waals surface area contributed by atoms with Gasteiger partial charge in [-0.25, -0.2) is 4.39 Å². The van der Waals surface area contributed by atoms with Crippen LogP contribution in [0.5, 0.6) is 0 Å². The average Bonchev–Trinajstić information content (AvgIpc) is 3.19. The SMILES string of the molecule is O=P1(C(c2ccc(F)cc2)N2CCCCC2)N(c2ccccc2)CCN1c1ccccc1. The summed E-state index contributed by atoms with van der Waals surface area (Å²) in [5, 5.41) is 0. The summed E-state index contributed by atoms with van der Waals surface area (Å²) < 4.78 is 33.5. The van der Waals surface area contributed by atoms with Crippen molar-refractivity contribution < 1.29 is 8.96 Å². The van der Waals surface area contributed by atoms with E-state index in [1.54, 1.807) is 0 Å². The van der Waals surface area contributed by atoms with Crippen molar-refractivity contribution in [2.75, 3.05) is 35.5 Å². The van der Waals surface area contributed by atoms with Gasteiger partial charge in [0.05, 0.1) is 0 Å². The molecule has 3 aromatic carbocycles. The van der Waals surface area contributed by atoms with Crippen molar-refractivity contribution in [3.63, 3.8) is 0 Å². The van der Waals surface area contributed by atoms with Gasteiger partial charge in [-0.15, -0.1) is 0 Å². The van der Waals surface area contributed by atoms with Crippen LogP contribution in [-0.4, -0.2) is 31.1 Å². The third-order valence-corrected chi connectivity index (χ3v) is 10.1. The normalized spacial score (nSPS) is 19.8. The van der Waals surface area contributed by atoms with E-state index in [9.17, 15) is 4.39 Å². The van der Waals surface area contributed by atoms with Gasteiger partial charge in [0.25, 0.3) is 7.44 Å². The number of benzene rings is 3. The van der Waals surface area contributed by atoms with Crippen molar-refractivity contribution >= 4 is 18.8 Å². The monoisotopic (exact) mass is 449 g/mol. The Morgan fingerprint density at radius 1 is 0.656 bits per heavy atom. The summed E-state index contributed by atoms with van der Waals surface area (Å²) in [7, 11) is -3.18. The van der Waals surface area contributed by atoms with Gasteiger partial charge in [-0.05, 0) is 67.9 Å². The van der Waals surface area contributed by atoms with Crippen molar-refractivity contribution in [3.05, 3.63) is 96.3 Å². The fourth-order valence-electron chi connectivity index (χ4n) is 5.08. The molecule has 6 heteroatoms. The molecule has 2 saturated heterocycles. The molecular weight excluding hydrogens is 420 g/mol. The molecule has 166 valence electrons. The summed E-state index contributed by atoms with van der Waals surface area (Å²) in [5.74, 6) is -0.595. The first-order valence-corrected chi connectivity index (χ1v) is 13.1. The van der Waals surface area contributed by atoms with E-state index < -0.39 is 7.44 Å². The summed E-state index contributed by atoms with van der Waals surface area (Å²) in [6.07, 6.45) is 3.38. The third kappa shape index (κ3) is 3.85. The molecule has 5 rings (SSSR count). The van der Waals surface area contributed by atoms with Crippen molar-refractivity contribution in [1.29, 1.82) is 0 Å².